The molecule has 1 amide bonds. The maximum Gasteiger partial charge on any atom is 0.253 e. The Morgan fingerprint density at radius 2 is 2.18 bits per heavy atom. The number of anilines is 1. The summed E-state index contributed by atoms with van der Waals surface area (Å²) in [5, 5.41) is 0. The van der Waals surface area contributed by atoms with Gasteiger partial charge in [0.25, 0.3) is 5.91 Å². The number of aryl methyl sites for hydroxylation is 2. The predicted molar refractivity (Wildman–Crippen MR) is 67.1 cm³/mol. The molecule has 1 atom stereocenters. The van der Waals surface area contributed by atoms with E-state index in [1.165, 1.54) is 11.1 Å². The molecular formula is C13H18N2O2. The first-order valence-corrected chi connectivity index (χ1v) is 5.81. The normalized spacial score (nSPS) is 20.8. The fraction of sp³-hybridized carbons (Fsp3) is 0.462. The Balaban J connectivity index is 2.24. The summed E-state index contributed by atoms with van der Waals surface area (Å²) in [5.41, 5.74) is 8.92. The fourth-order valence-electron chi connectivity index (χ4n) is 1.91. The van der Waals surface area contributed by atoms with E-state index in [0.29, 0.717) is 13.1 Å². The lowest BCUT2D eigenvalue weighted by Gasteiger charge is -2.32. The third kappa shape index (κ3) is 2.48. The summed E-state index contributed by atoms with van der Waals surface area (Å²) < 4.78 is 5.33. The van der Waals surface area contributed by atoms with Crippen molar-refractivity contribution in [2.24, 2.45) is 5.73 Å². The van der Waals surface area contributed by atoms with Gasteiger partial charge in [0.1, 0.15) is 6.61 Å². The van der Waals surface area contributed by atoms with Gasteiger partial charge in [-0.05, 0) is 37.1 Å². The van der Waals surface area contributed by atoms with E-state index in [1.54, 1.807) is 4.90 Å². The number of nitrogens with zero attached hydrogens (tertiary/aromatic N) is 1. The molecule has 0 radical (unpaired) electrons. The molecule has 0 spiro atoms. The van der Waals surface area contributed by atoms with Crippen molar-refractivity contribution in [3.63, 3.8) is 0 Å². The zero-order valence-electron chi connectivity index (χ0n) is 10.3. The molecule has 1 aliphatic rings. The van der Waals surface area contributed by atoms with Crippen LogP contribution in [0.3, 0.4) is 0 Å². The van der Waals surface area contributed by atoms with Crippen LogP contribution in [0.15, 0.2) is 18.2 Å². The van der Waals surface area contributed by atoms with Crippen molar-refractivity contribution in [3.8, 4) is 0 Å². The highest BCUT2D eigenvalue weighted by Gasteiger charge is 2.26. The first-order chi connectivity index (χ1) is 8.11. The van der Waals surface area contributed by atoms with Gasteiger partial charge in [-0.25, -0.2) is 0 Å². The Hall–Kier alpha value is -1.39. The number of nitrogens with two attached hydrogens (primary N) is 1. The van der Waals surface area contributed by atoms with Gasteiger partial charge in [-0.1, -0.05) is 6.07 Å². The van der Waals surface area contributed by atoms with Crippen LogP contribution in [0.5, 0.6) is 0 Å². The van der Waals surface area contributed by atoms with Gasteiger partial charge in [-0.3, -0.25) is 4.79 Å². The maximum absolute atomic E-state index is 11.8. The molecule has 0 saturated carbocycles. The largest absolute Gasteiger partial charge is 0.365 e. The van der Waals surface area contributed by atoms with E-state index in [2.05, 4.69) is 6.92 Å². The molecule has 2 rings (SSSR count). The minimum atomic E-state index is -0.0608. The highest BCUT2D eigenvalue weighted by atomic mass is 16.5. The van der Waals surface area contributed by atoms with E-state index < -0.39 is 0 Å². The van der Waals surface area contributed by atoms with Crippen molar-refractivity contribution in [2.45, 2.75) is 20.0 Å². The van der Waals surface area contributed by atoms with Crippen molar-refractivity contribution in [3.05, 3.63) is 29.3 Å². The van der Waals surface area contributed by atoms with E-state index in [9.17, 15) is 4.79 Å². The molecule has 1 aliphatic heterocycles. The minimum absolute atomic E-state index is 0.00190. The van der Waals surface area contributed by atoms with Crippen LogP contribution in [0.25, 0.3) is 0 Å². The first-order valence-electron chi connectivity index (χ1n) is 5.81. The molecule has 0 bridgehead atoms. The second-order valence-corrected chi connectivity index (χ2v) is 4.44. The third-order valence-corrected chi connectivity index (χ3v) is 3.19. The van der Waals surface area contributed by atoms with Gasteiger partial charge in [-0.2, -0.15) is 0 Å². The summed E-state index contributed by atoms with van der Waals surface area (Å²) in [6.45, 7) is 5.20. The van der Waals surface area contributed by atoms with Crippen molar-refractivity contribution in [1.29, 1.82) is 0 Å². The van der Waals surface area contributed by atoms with Gasteiger partial charge in [0, 0.05) is 12.2 Å². The Labute approximate surface area is 101 Å². The summed E-state index contributed by atoms with van der Waals surface area (Å²) >= 11 is 0. The van der Waals surface area contributed by atoms with Crippen molar-refractivity contribution < 1.29 is 9.53 Å². The Bertz CT molecular complexity index is 431. The van der Waals surface area contributed by atoms with Crippen LogP contribution in [0.1, 0.15) is 11.1 Å². The van der Waals surface area contributed by atoms with Crippen LogP contribution in [-0.2, 0) is 9.53 Å². The highest BCUT2D eigenvalue weighted by molar-refractivity contribution is 5.95. The molecule has 0 aliphatic carbocycles. The quantitative estimate of drug-likeness (QED) is 0.830. The molecule has 4 heteroatoms. The summed E-state index contributed by atoms with van der Waals surface area (Å²) in [6.07, 6.45) is -0.0608. The number of carbonyl (C=O) groups excluding carboxylic acids is 1. The average molecular weight is 234 g/mol. The van der Waals surface area contributed by atoms with E-state index in [0.717, 1.165) is 5.69 Å². The smallest absolute Gasteiger partial charge is 0.253 e. The lowest BCUT2D eigenvalue weighted by Crippen LogP contribution is -2.49. The molecular weight excluding hydrogens is 216 g/mol. The summed E-state index contributed by atoms with van der Waals surface area (Å²) in [6, 6.07) is 6.04. The van der Waals surface area contributed by atoms with Gasteiger partial charge in [0.15, 0.2) is 0 Å². The molecule has 1 unspecified atom stereocenters. The lowest BCUT2D eigenvalue weighted by atomic mass is 10.1. The zero-order chi connectivity index (χ0) is 12.4. The standard InChI is InChI=1S/C13H18N2O2/c1-9-3-4-11(5-10(9)2)15-7-12(6-14)17-8-13(15)16/h3-5,12H,6-8,14H2,1-2H3. The molecule has 1 fully saturated rings. The molecule has 4 nitrogen and oxygen atoms in total. The second-order valence-electron chi connectivity index (χ2n) is 4.44. The van der Waals surface area contributed by atoms with Gasteiger partial charge < -0.3 is 15.4 Å². The topological polar surface area (TPSA) is 55.6 Å². The van der Waals surface area contributed by atoms with Gasteiger partial charge in [-0.15, -0.1) is 0 Å². The summed E-state index contributed by atoms with van der Waals surface area (Å²) in [4.78, 5) is 13.6. The highest BCUT2D eigenvalue weighted by Crippen LogP contribution is 2.21. The van der Waals surface area contributed by atoms with E-state index >= 15 is 0 Å². The molecule has 17 heavy (non-hydrogen) atoms. The van der Waals surface area contributed by atoms with Crippen LogP contribution in [-0.4, -0.2) is 31.7 Å². The van der Waals surface area contributed by atoms with Crippen molar-refractivity contribution in [2.75, 3.05) is 24.6 Å². The van der Waals surface area contributed by atoms with Crippen molar-refractivity contribution in [1.82, 2.24) is 0 Å². The van der Waals surface area contributed by atoms with Gasteiger partial charge in [0.05, 0.1) is 12.6 Å². The number of hydrogen-bond acceptors (Lipinski definition) is 3. The van der Waals surface area contributed by atoms with Gasteiger partial charge >= 0.3 is 0 Å². The fourth-order valence-corrected chi connectivity index (χ4v) is 1.91. The molecule has 1 heterocycles. The molecule has 0 aromatic heterocycles. The molecule has 1 aromatic carbocycles. The zero-order valence-corrected chi connectivity index (χ0v) is 10.3. The Morgan fingerprint density at radius 3 is 2.82 bits per heavy atom. The second kappa shape index (κ2) is 4.85. The molecule has 1 aromatic rings. The van der Waals surface area contributed by atoms with Crippen LogP contribution >= 0.6 is 0 Å². The van der Waals surface area contributed by atoms with Crippen LogP contribution in [0.2, 0.25) is 0 Å². The Morgan fingerprint density at radius 1 is 1.41 bits per heavy atom. The van der Waals surface area contributed by atoms with Crippen LogP contribution in [0, 0.1) is 13.8 Å². The number of amides is 1. The first kappa shape index (κ1) is 12.1. The SMILES string of the molecule is Cc1ccc(N2CC(CN)OCC2=O)cc1C. The number of carbonyl (C=O) groups is 1. The van der Waals surface area contributed by atoms with E-state index in [4.69, 9.17) is 10.5 Å². The summed E-state index contributed by atoms with van der Waals surface area (Å²) in [5.74, 6) is -0.00190. The molecule has 2 N–H and O–H groups in total. The number of benzene rings is 1. The van der Waals surface area contributed by atoms with Gasteiger partial charge in [0.2, 0.25) is 0 Å². The minimum Gasteiger partial charge on any atom is -0.365 e. The van der Waals surface area contributed by atoms with E-state index in [1.807, 2.05) is 25.1 Å². The van der Waals surface area contributed by atoms with E-state index in [-0.39, 0.29) is 18.6 Å². The van der Waals surface area contributed by atoms with Crippen molar-refractivity contribution >= 4 is 11.6 Å². The average Bonchev–Trinajstić information content (AvgIpc) is 2.33. The van der Waals surface area contributed by atoms with Crippen LogP contribution in [0.4, 0.5) is 5.69 Å². The predicted octanol–water partition coefficient (Wildman–Crippen LogP) is 0.994. The molecule has 1 saturated heterocycles. The Kier molecular flexibility index (Phi) is 3.45. The maximum atomic E-state index is 11.8. The monoisotopic (exact) mass is 234 g/mol. The summed E-state index contributed by atoms with van der Waals surface area (Å²) in [7, 11) is 0. The third-order valence-electron chi connectivity index (χ3n) is 3.19. The number of hydrogen-bond donors (Lipinski definition) is 1. The molecule has 92 valence electrons. The number of morpholine rings is 1. The number of ether oxygens (including phenoxy) is 1. The lowest BCUT2D eigenvalue weighted by molar-refractivity contribution is -0.128. The number of rotatable bonds is 2. The van der Waals surface area contributed by atoms with Crippen LogP contribution < -0.4 is 10.6 Å².